The van der Waals surface area contributed by atoms with Gasteiger partial charge in [-0.15, -0.1) is 0 Å². The van der Waals surface area contributed by atoms with Crippen molar-refractivity contribution in [2.75, 3.05) is 12.4 Å². The van der Waals surface area contributed by atoms with Crippen molar-refractivity contribution in [1.29, 1.82) is 0 Å². The second-order valence-corrected chi connectivity index (χ2v) is 4.39. The first kappa shape index (κ1) is 10.3. The molecule has 0 radical (unpaired) electrons. The van der Waals surface area contributed by atoms with Gasteiger partial charge < -0.3 is 10.1 Å². The number of rotatable bonds is 3. The maximum absolute atomic E-state index is 5.13. The molecule has 0 unspecified atom stereocenters. The Hall–Kier alpha value is -1.18. The Morgan fingerprint density at radius 3 is 2.47 bits per heavy atom. The van der Waals surface area contributed by atoms with E-state index in [4.69, 9.17) is 4.74 Å². The van der Waals surface area contributed by atoms with Gasteiger partial charge in [0.15, 0.2) is 0 Å². The predicted molar refractivity (Wildman–Crippen MR) is 63.4 cm³/mol. The number of nitrogens with one attached hydrogen (secondary N) is 1. The van der Waals surface area contributed by atoms with E-state index < -0.39 is 0 Å². The first-order valence-corrected chi connectivity index (χ1v) is 5.70. The van der Waals surface area contributed by atoms with Crippen LogP contribution in [0.5, 0.6) is 5.75 Å². The van der Waals surface area contributed by atoms with Gasteiger partial charge in [-0.05, 0) is 43.0 Å². The zero-order valence-corrected chi connectivity index (χ0v) is 9.49. The molecule has 0 spiro atoms. The van der Waals surface area contributed by atoms with Crippen LogP contribution >= 0.6 is 0 Å². The van der Waals surface area contributed by atoms with E-state index in [1.807, 2.05) is 12.1 Å². The van der Waals surface area contributed by atoms with Gasteiger partial charge in [-0.1, -0.05) is 13.3 Å². The molecule has 1 aliphatic carbocycles. The summed E-state index contributed by atoms with van der Waals surface area (Å²) in [6.07, 6.45) is 4.01. The van der Waals surface area contributed by atoms with Crippen LogP contribution in [0.3, 0.4) is 0 Å². The van der Waals surface area contributed by atoms with Gasteiger partial charge in [0.05, 0.1) is 7.11 Å². The van der Waals surface area contributed by atoms with Crippen LogP contribution in [0.15, 0.2) is 24.3 Å². The summed E-state index contributed by atoms with van der Waals surface area (Å²) >= 11 is 0. The van der Waals surface area contributed by atoms with Crippen LogP contribution in [-0.2, 0) is 0 Å². The Kier molecular flexibility index (Phi) is 3.14. The summed E-state index contributed by atoms with van der Waals surface area (Å²) in [7, 11) is 1.70. The monoisotopic (exact) mass is 205 g/mol. The van der Waals surface area contributed by atoms with Crippen molar-refractivity contribution in [2.24, 2.45) is 5.92 Å². The second kappa shape index (κ2) is 4.56. The van der Waals surface area contributed by atoms with Crippen LogP contribution in [-0.4, -0.2) is 13.2 Å². The third kappa shape index (κ3) is 2.44. The molecule has 1 N–H and O–H groups in total. The average Bonchev–Trinajstić information content (AvgIpc) is 2.66. The highest BCUT2D eigenvalue weighted by Crippen LogP contribution is 2.28. The summed E-state index contributed by atoms with van der Waals surface area (Å²) in [5, 5.41) is 3.59. The van der Waals surface area contributed by atoms with Gasteiger partial charge in [-0.25, -0.2) is 0 Å². The maximum atomic E-state index is 5.13. The fourth-order valence-corrected chi connectivity index (χ4v) is 2.26. The van der Waals surface area contributed by atoms with Crippen LogP contribution in [0, 0.1) is 5.92 Å². The Balaban J connectivity index is 1.98. The van der Waals surface area contributed by atoms with Crippen molar-refractivity contribution in [2.45, 2.75) is 32.2 Å². The molecular weight excluding hydrogens is 186 g/mol. The first-order valence-electron chi connectivity index (χ1n) is 5.70. The summed E-state index contributed by atoms with van der Waals surface area (Å²) in [5.74, 6) is 1.71. The molecule has 1 aromatic rings. The molecule has 0 aromatic heterocycles. The summed E-state index contributed by atoms with van der Waals surface area (Å²) in [6.45, 7) is 2.33. The fraction of sp³-hybridized carbons (Fsp3) is 0.538. The van der Waals surface area contributed by atoms with Crippen molar-refractivity contribution >= 4 is 5.69 Å². The van der Waals surface area contributed by atoms with E-state index in [1.165, 1.54) is 24.9 Å². The Bertz CT molecular complexity index is 307. The molecule has 0 saturated heterocycles. The molecule has 1 saturated carbocycles. The molecule has 0 heterocycles. The quantitative estimate of drug-likeness (QED) is 0.817. The fourth-order valence-electron chi connectivity index (χ4n) is 2.26. The summed E-state index contributed by atoms with van der Waals surface area (Å²) < 4.78 is 5.13. The largest absolute Gasteiger partial charge is 0.497 e. The summed E-state index contributed by atoms with van der Waals surface area (Å²) in [6, 6.07) is 8.83. The topological polar surface area (TPSA) is 21.3 Å². The molecule has 2 heteroatoms. The van der Waals surface area contributed by atoms with Crippen molar-refractivity contribution < 1.29 is 4.74 Å². The minimum atomic E-state index is 0.651. The Morgan fingerprint density at radius 2 is 1.93 bits per heavy atom. The van der Waals surface area contributed by atoms with Crippen molar-refractivity contribution in [3.05, 3.63) is 24.3 Å². The minimum absolute atomic E-state index is 0.651. The lowest BCUT2D eigenvalue weighted by Crippen LogP contribution is -2.21. The molecule has 15 heavy (non-hydrogen) atoms. The van der Waals surface area contributed by atoms with E-state index in [-0.39, 0.29) is 0 Å². The maximum Gasteiger partial charge on any atom is 0.119 e. The number of benzene rings is 1. The van der Waals surface area contributed by atoms with Gasteiger partial charge in [-0.2, -0.15) is 0 Å². The van der Waals surface area contributed by atoms with Gasteiger partial charge >= 0.3 is 0 Å². The summed E-state index contributed by atoms with van der Waals surface area (Å²) in [4.78, 5) is 0. The minimum Gasteiger partial charge on any atom is -0.497 e. The molecule has 82 valence electrons. The van der Waals surface area contributed by atoms with E-state index >= 15 is 0 Å². The zero-order chi connectivity index (χ0) is 10.7. The van der Waals surface area contributed by atoms with Gasteiger partial charge in [0.25, 0.3) is 0 Å². The zero-order valence-electron chi connectivity index (χ0n) is 9.49. The second-order valence-electron chi connectivity index (χ2n) is 4.39. The highest BCUT2D eigenvalue weighted by Gasteiger charge is 2.22. The SMILES string of the molecule is COc1ccc(N[C@H]2CCC[C@@H]2C)cc1. The third-order valence-electron chi connectivity index (χ3n) is 3.30. The van der Waals surface area contributed by atoms with Gasteiger partial charge in [0.2, 0.25) is 0 Å². The van der Waals surface area contributed by atoms with Crippen molar-refractivity contribution in [1.82, 2.24) is 0 Å². The van der Waals surface area contributed by atoms with Crippen molar-refractivity contribution in [3.63, 3.8) is 0 Å². The Morgan fingerprint density at radius 1 is 1.20 bits per heavy atom. The van der Waals surface area contributed by atoms with Crippen LogP contribution < -0.4 is 10.1 Å². The van der Waals surface area contributed by atoms with Gasteiger partial charge in [0, 0.05) is 11.7 Å². The lowest BCUT2D eigenvalue weighted by Gasteiger charge is -2.18. The standard InChI is InChI=1S/C13H19NO/c1-10-4-3-5-13(10)14-11-6-8-12(15-2)9-7-11/h6-10,13-14H,3-5H2,1-2H3/t10-,13-/m0/s1. The lowest BCUT2D eigenvalue weighted by atomic mass is 10.1. The van der Waals surface area contributed by atoms with Gasteiger partial charge in [0.1, 0.15) is 5.75 Å². The molecule has 1 fully saturated rings. The molecule has 0 bridgehead atoms. The number of hydrogen-bond donors (Lipinski definition) is 1. The number of anilines is 1. The number of hydrogen-bond acceptors (Lipinski definition) is 2. The highest BCUT2D eigenvalue weighted by atomic mass is 16.5. The number of methoxy groups -OCH3 is 1. The predicted octanol–water partition coefficient (Wildman–Crippen LogP) is 3.30. The highest BCUT2D eigenvalue weighted by molar-refractivity contribution is 5.47. The van der Waals surface area contributed by atoms with E-state index in [1.54, 1.807) is 7.11 Å². The normalized spacial score (nSPS) is 25.2. The Labute approximate surface area is 91.6 Å². The van der Waals surface area contributed by atoms with E-state index in [2.05, 4.69) is 24.4 Å². The summed E-state index contributed by atoms with van der Waals surface area (Å²) in [5.41, 5.74) is 1.20. The van der Waals surface area contributed by atoms with Crippen LogP contribution in [0.25, 0.3) is 0 Å². The molecule has 2 nitrogen and oxygen atoms in total. The van der Waals surface area contributed by atoms with E-state index in [0.29, 0.717) is 6.04 Å². The van der Waals surface area contributed by atoms with Gasteiger partial charge in [-0.3, -0.25) is 0 Å². The smallest absolute Gasteiger partial charge is 0.119 e. The third-order valence-corrected chi connectivity index (χ3v) is 3.30. The molecule has 1 aliphatic rings. The van der Waals surface area contributed by atoms with Crippen LogP contribution in [0.2, 0.25) is 0 Å². The molecule has 2 atom stereocenters. The number of ether oxygens (including phenoxy) is 1. The van der Waals surface area contributed by atoms with E-state index in [0.717, 1.165) is 11.7 Å². The average molecular weight is 205 g/mol. The van der Waals surface area contributed by atoms with E-state index in [9.17, 15) is 0 Å². The van der Waals surface area contributed by atoms with Crippen LogP contribution in [0.1, 0.15) is 26.2 Å². The first-order chi connectivity index (χ1) is 7.29. The van der Waals surface area contributed by atoms with Crippen LogP contribution in [0.4, 0.5) is 5.69 Å². The van der Waals surface area contributed by atoms with Crippen molar-refractivity contribution in [3.8, 4) is 5.75 Å². The molecule has 1 aromatic carbocycles. The molecule has 0 aliphatic heterocycles. The molecule has 0 amide bonds. The molecule has 2 rings (SSSR count). The lowest BCUT2D eigenvalue weighted by molar-refractivity contribution is 0.415. The molecular formula is C13H19NO.